The molecule has 21 heavy (non-hydrogen) atoms. The Morgan fingerprint density at radius 1 is 1.33 bits per heavy atom. The van der Waals surface area contributed by atoms with Crippen molar-refractivity contribution in [3.63, 3.8) is 0 Å². The molecule has 0 atom stereocenters. The Labute approximate surface area is 129 Å². The van der Waals surface area contributed by atoms with Crippen LogP contribution in [-0.2, 0) is 6.61 Å². The number of hydrogen-bond donors (Lipinski definition) is 0. The highest BCUT2D eigenvalue weighted by molar-refractivity contribution is 6.32. The Kier molecular flexibility index (Phi) is 4.77. The summed E-state index contributed by atoms with van der Waals surface area (Å²) >= 11 is 11.6. The van der Waals surface area contributed by atoms with E-state index in [1.807, 2.05) is 0 Å². The van der Waals surface area contributed by atoms with Gasteiger partial charge in [0.05, 0.1) is 22.7 Å². The molecule has 0 N–H and O–H groups in total. The van der Waals surface area contributed by atoms with E-state index >= 15 is 0 Å². The number of rotatable bonds is 5. The Morgan fingerprint density at radius 3 is 2.71 bits per heavy atom. The highest BCUT2D eigenvalue weighted by Crippen LogP contribution is 2.37. The summed E-state index contributed by atoms with van der Waals surface area (Å²) < 4.78 is 10.4. The topological polar surface area (TPSA) is 87.4 Å². The molecule has 0 saturated carbocycles. The van der Waals surface area contributed by atoms with Gasteiger partial charge >= 0.3 is 5.69 Å². The lowest BCUT2D eigenvalue weighted by Crippen LogP contribution is -2.01. The molecule has 7 nitrogen and oxygen atoms in total. The fourth-order valence-electron chi connectivity index (χ4n) is 1.54. The first kappa shape index (κ1) is 15.3. The number of ether oxygens (including phenoxy) is 2. The van der Waals surface area contributed by atoms with Gasteiger partial charge in [-0.25, -0.2) is 9.97 Å². The van der Waals surface area contributed by atoms with Gasteiger partial charge in [-0.05, 0) is 17.7 Å². The summed E-state index contributed by atoms with van der Waals surface area (Å²) in [5.74, 6) is 0.300. The van der Waals surface area contributed by atoms with Crippen molar-refractivity contribution in [2.24, 2.45) is 0 Å². The number of nitro groups is 1. The van der Waals surface area contributed by atoms with Gasteiger partial charge in [-0.2, -0.15) is 0 Å². The molecule has 1 aromatic carbocycles. The molecule has 110 valence electrons. The zero-order valence-electron chi connectivity index (χ0n) is 10.7. The molecule has 0 aliphatic carbocycles. The number of halogens is 2. The molecule has 0 amide bonds. The molecule has 9 heteroatoms. The van der Waals surface area contributed by atoms with Crippen LogP contribution in [0.2, 0.25) is 10.3 Å². The van der Waals surface area contributed by atoms with Crippen molar-refractivity contribution in [3.05, 3.63) is 50.5 Å². The second-order valence-corrected chi connectivity index (χ2v) is 4.56. The molecule has 0 aliphatic rings. The van der Waals surface area contributed by atoms with E-state index in [0.717, 1.165) is 0 Å². The van der Waals surface area contributed by atoms with Crippen molar-refractivity contribution in [1.82, 2.24) is 9.97 Å². The number of nitro benzene ring substituents is 1. The van der Waals surface area contributed by atoms with Crippen molar-refractivity contribution in [2.45, 2.75) is 6.61 Å². The molecule has 0 radical (unpaired) electrons. The van der Waals surface area contributed by atoms with E-state index in [1.165, 1.54) is 25.4 Å². The average molecular weight is 330 g/mol. The standard InChI is InChI=1S/C12H9Cl2N3O4/c1-20-11-5-10(8(13)4-9(11)17(18)19)21-6-7-2-3-15-12(14)16-7/h2-5H,6H2,1H3. The van der Waals surface area contributed by atoms with E-state index < -0.39 is 4.92 Å². The fourth-order valence-corrected chi connectivity index (χ4v) is 1.92. The van der Waals surface area contributed by atoms with Gasteiger partial charge in [0, 0.05) is 18.3 Å². The summed E-state index contributed by atoms with van der Waals surface area (Å²) in [6.07, 6.45) is 1.49. The first-order valence-electron chi connectivity index (χ1n) is 5.63. The predicted octanol–water partition coefficient (Wildman–Crippen LogP) is 3.28. The maximum atomic E-state index is 10.9. The zero-order chi connectivity index (χ0) is 15.4. The number of hydrogen-bond acceptors (Lipinski definition) is 6. The van der Waals surface area contributed by atoms with Crippen LogP contribution in [0.4, 0.5) is 5.69 Å². The van der Waals surface area contributed by atoms with E-state index in [2.05, 4.69) is 9.97 Å². The van der Waals surface area contributed by atoms with Crippen LogP contribution in [0.3, 0.4) is 0 Å². The third-order valence-electron chi connectivity index (χ3n) is 2.49. The second-order valence-electron chi connectivity index (χ2n) is 3.82. The smallest absolute Gasteiger partial charge is 0.312 e. The van der Waals surface area contributed by atoms with Gasteiger partial charge in [0.25, 0.3) is 0 Å². The van der Waals surface area contributed by atoms with Crippen LogP contribution in [0.5, 0.6) is 11.5 Å². The largest absolute Gasteiger partial charge is 0.490 e. The molecule has 0 aliphatic heterocycles. The first-order valence-corrected chi connectivity index (χ1v) is 6.39. The van der Waals surface area contributed by atoms with Crippen LogP contribution in [-0.4, -0.2) is 22.0 Å². The van der Waals surface area contributed by atoms with Crippen molar-refractivity contribution in [3.8, 4) is 11.5 Å². The molecule has 0 unspecified atom stereocenters. The normalized spacial score (nSPS) is 10.2. The van der Waals surface area contributed by atoms with Crippen molar-refractivity contribution in [1.29, 1.82) is 0 Å². The minimum atomic E-state index is -0.585. The van der Waals surface area contributed by atoms with Gasteiger partial charge in [-0.1, -0.05) is 11.6 Å². The van der Waals surface area contributed by atoms with E-state index in [-0.39, 0.29) is 34.1 Å². The van der Waals surface area contributed by atoms with Gasteiger partial charge < -0.3 is 9.47 Å². The second kappa shape index (κ2) is 6.55. The Bertz CT molecular complexity index is 682. The van der Waals surface area contributed by atoms with E-state index in [9.17, 15) is 10.1 Å². The van der Waals surface area contributed by atoms with Crippen molar-refractivity contribution >= 4 is 28.9 Å². The Hall–Kier alpha value is -2.12. The lowest BCUT2D eigenvalue weighted by atomic mass is 10.2. The number of aromatic nitrogens is 2. The molecule has 2 aromatic rings. The number of benzene rings is 1. The van der Waals surface area contributed by atoms with Gasteiger partial charge in [-0.3, -0.25) is 10.1 Å². The van der Waals surface area contributed by atoms with Crippen LogP contribution in [0.25, 0.3) is 0 Å². The zero-order valence-corrected chi connectivity index (χ0v) is 12.3. The molecule has 0 bridgehead atoms. The van der Waals surface area contributed by atoms with Gasteiger partial charge in [-0.15, -0.1) is 0 Å². The number of nitrogens with zero attached hydrogens (tertiary/aromatic N) is 3. The Balaban J connectivity index is 2.22. The van der Waals surface area contributed by atoms with Crippen molar-refractivity contribution in [2.75, 3.05) is 7.11 Å². The lowest BCUT2D eigenvalue weighted by Gasteiger charge is -2.09. The monoisotopic (exact) mass is 329 g/mol. The molecule has 0 saturated heterocycles. The summed E-state index contributed by atoms with van der Waals surface area (Å²) in [6, 6.07) is 4.15. The average Bonchev–Trinajstić information content (AvgIpc) is 2.45. The summed E-state index contributed by atoms with van der Waals surface area (Å²) in [6.45, 7) is 0.0862. The molecule has 2 rings (SSSR count). The fraction of sp³-hybridized carbons (Fsp3) is 0.167. The number of methoxy groups -OCH3 is 1. The van der Waals surface area contributed by atoms with Crippen LogP contribution in [0.1, 0.15) is 5.69 Å². The summed E-state index contributed by atoms with van der Waals surface area (Å²) in [4.78, 5) is 18.0. The molecular weight excluding hydrogens is 321 g/mol. The molecule has 1 heterocycles. The molecule has 0 spiro atoms. The molecule has 1 aromatic heterocycles. The minimum absolute atomic E-state index is 0.0557. The summed E-state index contributed by atoms with van der Waals surface area (Å²) in [5, 5.41) is 11.1. The third kappa shape index (κ3) is 3.71. The lowest BCUT2D eigenvalue weighted by molar-refractivity contribution is -0.385. The predicted molar refractivity (Wildman–Crippen MR) is 76.0 cm³/mol. The maximum absolute atomic E-state index is 10.9. The van der Waals surface area contributed by atoms with Crippen molar-refractivity contribution < 1.29 is 14.4 Å². The summed E-state index contributed by atoms with van der Waals surface area (Å²) in [5.41, 5.74) is 0.309. The van der Waals surface area contributed by atoms with Gasteiger partial charge in [0.2, 0.25) is 11.0 Å². The van der Waals surface area contributed by atoms with E-state index in [0.29, 0.717) is 5.69 Å². The van der Waals surface area contributed by atoms with E-state index in [1.54, 1.807) is 6.07 Å². The third-order valence-corrected chi connectivity index (χ3v) is 2.97. The highest BCUT2D eigenvalue weighted by atomic mass is 35.5. The van der Waals surface area contributed by atoms with Crippen LogP contribution in [0.15, 0.2) is 24.4 Å². The van der Waals surface area contributed by atoms with Gasteiger partial charge in [0.15, 0.2) is 0 Å². The van der Waals surface area contributed by atoms with E-state index in [4.69, 9.17) is 32.7 Å². The Morgan fingerprint density at radius 2 is 2.10 bits per heavy atom. The minimum Gasteiger partial charge on any atom is -0.490 e. The highest BCUT2D eigenvalue weighted by Gasteiger charge is 2.19. The van der Waals surface area contributed by atoms with Crippen LogP contribution in [0, 0.1) is 10.1 Å². The SMILES string of the molecule is COc1cc(OCc2ccnc(Cl)n2)c(Cl)cc1[N+](=O)[O-]. The first-order chi connectivity index (χ1) is 10.0. The summed E-state index contributed by atoms with van der Waals surface area (Å²) in [7, 11) is 1.32. The van der Waals surface area contributed by atoms with Gasteiger partial charge in [0.1, 0.15) is 12.4 Å². The van der Waals surface area contributed by atoms with Crippen LogP contribution >= 0.6 is 23.2 Å². The molecular formula is C12H9Cl2N3O4. The quantitative estimate of drug-likeness (QED) is 0.475. The van der Waals surface area contributed by atoms with Crippen LogP contribution < -0.4 is 9.47 Å². The maximum Gasteiger partial charge on any atom is 0.312 e. The molecule has 0 fully saturated rings.